The van der Waals surface area contributed by atoms with Crippen LogP contribution in [0.2, 0.25) is 0 Å². The van der Waals surface area contributed by atoms with Crippen molar-refractivity contribution in [1.82, 2.24) is 0 Å². The van der Waals surface area contributed by atoms with Gasteiger partial charge in [-0.05, 0) is 23.8 Å². The summed E-state index contributed by atoms with van der Waals surface area (Å²) in [6.45, 7) is 0. The Morgan fingerprint density at radius 1 is 0.690 bits per heavy atom. The van der Waals surface area contributed by atoms with E-state index in [-0.39, 0.29) is 5.92 Å². The zero-order valence-electron chi connectivity index (χ0n) is 17.4. The molecule has 2 aromatic carbocycles. The van der Waals surface area contributed by atoms with E-state index in [1.54, 1.807) is 35.5 Å². The van der Waals surface area contributed by atoms with Gasteiger partial charge in [0.05, 0.1) is 41.1 Å². The van der Waals surface area contributed by atoms with Gasteiger partial charge >= 0.3 is 0 Å². The van der Waals surface area contributed by atoms with Gasteiger partial charge in [-0.15, -0.1) is 0 Å². The Bertz CT molecular complexity index is 919. The first-order valence-electron chi connectivity index (χ1n) is 9.24. The second-order valence-electron chi connectivity index (χ2n) is 6.41. The third-order valence-corrected chi connectivity index (χ3v) is 4.88. The summed E-state index contributed by atoms with van der Waals surface area (Å²) in [5, 5.41) is 0. The van der Waals surface area contributed by atoms with Gasteiger partial charge in [0.15, 0.2) is 0 Å². The van der Waals surface area contributed by atoms with E-state index in [2.05, 4.69) is 18.2 Å². The van der Waals surface area contributed by atoms with Crippen LogP contribution in [0.3, 0.4) is 0 Å². The minimum Gasteiger partial charge on any atom is -0.497 e. The minimum absolute atomic E-state index is 0.0915. The van der Waals surface area contributed by atoms with Crippen LogP contribution >= 0.6 is 0 Å². The van der Waals surface area contributed by atoms with E-state index in [1.807, 2.05) is 42.5 Å². The molecule has 0 aromatic heterocycles. The highest BCUT2D eigenvalue weighted by Gasteiger charge is 2.20. The van der Waals surface area contributed by atoms with Crippen LogP contribution in [0.25, 0.3) is 11.6 Å². The number of methoxy groups -OCH3 is 5. The van der Waals surface area contributed by atoms with E-state index in [4.69, 9.17) is 23.7 Å². The molecule has 29 heavy (non-hydrogen) atoms. The van der Waals surface area contributed by atoms with Crippen LogP contribution in [0.1, 0.15) is 11.1 Å². The van der Waals surface area contributed by atoms with Gasteiger partial charge in [-0.3, -0.25) is 0 Å². The van der Waals surface area contributed by atoms with Crippen molar-refractivity contribution in [2.24, 2.45) is 5.92 Å². The van der Waals surface area contributed by atoms with Crippen LogP contribution in [0, 0.1) is 5.92 Å². The molecule has 0 atom stereocenters. The summed E-state index contributed by atoms with van der Waals surface area (Å²) < 4.78 is 27.6. The molecule has 1 aliphatic rings. The molecule has 0 bridgehead atoms. The third kappa shape index (κ3) is 4.24. The fourth-order valence-electron chi connectivity index (χ4n) is 3.36. The zero-order valence-corrected chi connectivity index (χ0v) is 17.4. The highest BCUT2D eigenvalue weighted by atomic mass is 16.5. The molecule has 3 rings (SSSR count). The number of allylic oxidation sites excluding steroid dienone is 5. The quantitative estimate of drug-likeness (QED) is 0.589. The molecule has 0 saturated heterocycles. The Kier molecular flexibility index (Phi) is 6.50. The van der Waals surface area contributed by atoms with Crippen molar-refractivity contribution in [3.63, 3.8) is 0 Å². The maximum absolute atomic E-state index is 5.66. The van der Waals surface area contributed by atoms with E-state index < -0.39 is 0 Å². The lowest BCUT2D eigenvalue weighted by molar-refractivity contribution is 0.374. The Morgan fingerprint density at radius 2 is 1.24 bits per heavy atom. The molecule has 0 aliphatic heterocycles. The average molecular weight is 394 g/mol. The van der Waals surface area contributed by atoms with Crippen LogP contribution < -0.4 is 23.7 Å². The lowest BCUT2D eigenvalue weighted by atomic mass is 9.90. The van der Waals surface area contributed by atoms with Crippen molar-refractivity contribution in [2.45, 2.75) is 0 Å². The van der Waals surface area contributed by atoms with Crippen molar-refractivity contribution < 1.29 is 23.7 Å². The topological polar surface area (TPSA) is 46.2 Å². The van der Waals surface area contributed by atoms with Crippen LogP contribution in [0.5, 0.6) is 28.7 Å². The van der Waals surface area contributed by atoms with Crippen molar-refractivity contribution in [1.29, 1.82) is 0 Å². The summed E-state index contributed by atoms with van der Waals surface area (Å²) in [6, 6.07) is 9.51. The number of benzene rings is 2. The Morgan fingerprint density at radius 3 is 1.76 bits per heavy atom. The lowest BCUT2D eigenvalue weighted by Crippen LogP contribution is -2.01. The second kappa shape index (κ2) is 9.24. The first kappa shape index (κ1) is 20.4. The fraction of sp³-hybridized carbons (Fsp3) is 0.250. The fourth-order valence-corrected chi connectivity index (χ4v) is 3.36. The molecule has 0 heterocycles. The van der Waals surface area contributed by atoms with Crippen LogP contribution in [-0.4, -0.2) is 35.5 Å². The van der Waals surface area contributed by atoms with Gasteiger partial charge in [-0.25, -0.2) is 0 Å². The molecule has 0 saturated carbocycles. The Balaban J connectivity index is 2.23. The maximum atomic E-state index is 5.66. The van der Waals surface area contributed by atoms with E-state index in [9.17, 15) is 0 Å². The van der Waals surface area contributed by atoms with E-state index >= 15 is 0 Å². The van der Waals surface area contributed by atoms with Gasteiger partial charge in [-0.1, -0.05) is 24.3 Å². The van der Waals surface area contributed by atoms with Gasteiger partial charge in [-0.2, -0.15) is 0 Å². The summed E-state index contributed by atoms with van der Waals surface area (Å²) in [7, 11) is 8.18. The largest absolute Gasteiger partial charge is 0.497 e. The van der Waals surface area contributed by atoms with Crippen LogP contribution in [0.15, 0.2) is 54.6 Å². The summed E-state index contributed by atoms with van der Waals surface area (Å²) in [5.41, 5.74) is 2.85. The average Bonchev–Trinajstić information content (AvgIpc) is 3.31. The van der Waals surface area contributed by atoms with Crippen LogP contribution in [0.4, 0.5) is 0 Å². The van der Waals surface area contributed by atoms with Crippen molar-refractivity contribution >= 4 is 11.6 Å². The van der Waals surface area contributed by atoms with Gasteiger partial charge in [0.25, 0.3) is 0 Å². The monoisotopic (exact) mass is 394 g/mol. The highest BCUT2D eigenvalue weighted by molar-refractivity contribution is 5.90. The summed E-state index contributed by atoms with van der Waals surface area (Å²) >= 11 is 0. The predicted octanol–water partition coefficient (Wildman–Crippen LogP) is 5.01. The van der Waals surface area contributed by atoms with E-state index in [0.29, 0.717) is 17.2 Å². The maximum Gasteiger partial charge on any atom is 0.133 e. The molecule has 0 N–H and O–H groups in total. The number of ether oxygens (including phenoxy) is 5. The standard InChI is InChI=1S/C24H26O5/c1-25-17-10-11-19(22(12-17)27-3)20(16-8-6-7-9-16)15-21-23(28-4)13-18(26-2)14-24(21)29-5/h6-16H,1-5H3/b20-15+. The van der Waals surface area contributed by atoms with Gasteiger partial charge < -0.3 is 23.7 Å². The SMILES string of the molecule is COc1ccc(/C(=C/c2c(OC)cc(OC)cc2OC)C2C=CC=C2)c(OC)c1. The molecule has 5 nitrogen and oxygen atoms in total. The number of hydrogen-bond donors (Lipinski definition) is 0. The van der Waals surface area contributed by atoms with Crippen LogP contribution in [-0.2, 0) is 0 Å². The van der Waals surface area contributed by atoms with E-state index in [1.165, 1.54) is 0 Å². The molecular formula is C24H26O5. The summed E-state index contributed by atoms with van der Waals surface area (Å²) in [6.07, 6.45) is 10.4. The molecular weight excluding hydrogens is 368 g/mol. The molecule has 0 radical (unpaired) electrons. The van der Waals surface area contributed by atoms with Gasteiger partial charge in [0, 0.05) is 29.7 Å². The molecule has 2 aromatic rings. The number of hydrogen-bond acceptors (Lipinski definition) is 5. The molecule has 152 valence electrons. The lowest BCUT2D eigenvalue weighted by Gasteiger charge is -2.19. The smallest absolute Gasteiger partial charge is 0.133 e. The molecule has 0 fully saturated rings. The number of rotatable bonds is 8. The molecule has 0 spiro atoms. The first-order valence-corrected chi connectivity index (χ1v) is 9.24. The van der Waals surface area contributed by atoms with Gasteiger partial charge in [0.1, 0.15) is 28.7 Å². The Hall–Kier alpha value is -3.34. The summed E-state index contributed by atoms with van der Waals surface area (Å²) in [5.74, 6) is 3.56. The molecule has 1 aliphatic carbocycles. The predicted molar refractivity (Wildman–Crippen MR) is 115 cm³/mol. The normalized spacial score (nSPS) is 13.5. The first-order chi connectivity index (χ1) is 14.1. The highest BCUT2D eigenvalue weighted by Crippen LogP contribution is 2.42. The van der Waals surface area contributed by atoms with E-state index in [0.717, 1.165) is 28.2 Å². The zero-order chi connectivity index (χ0) is 20.8. The summed E-state index contributed by atoms with van der Waals surface area (Å²) in [4.78, 5) is 0. The van der Waals surface area contributed by atoms with Crippen molar-refractivity contribution in [3.05, 3.63) is 65.8 Å². The third-order valence-electron chi connectivity index (χ3n) is 4.88. The Labute approximate surface area is 171 Å². The van der Waals surface area contributed by atoms with Crippen molar-refractivity contribution in [3.8, 4) is 28.7 Å². The molecule has 0 amide bonds. The second-order valence-corrected chi connectivity index (χ2v) is 6.41. The molecule has 0 unspecified atom stereocenters. The molecule has 5 heteroatoms. The van der Waals surface area contributed by atoms with Crippen molar-refractivity contribution in [2.75, 3.05) is 35.5 Å². The van der Waals surface area contributed by atoms with Gasteiger partial charge in [0.2, 0.25) is 0 Å². The minimum atomic E-state index is 0.0915.